The summed E-state index contributed by atoms with van der Waals surface area (Å²) in [5.74, 6) is 2.57. The lowest BCUT2D eigenvalue weighted by Crippen LogP contribution is -2.60. The lowest BCUT2D eigenvalue weighted by atomic mass is 9.78. The quantitative estimate of drug-likeness (QED) is 0.222. The van der Waals surface area contributed by atoms with Crippen molar-refractivity contribution in [2.75, 3.05) is 7.11 Å². The normalized spacial score (nSPS) is 52.0. The molecule has 0 spiro atoms. The molecule has 8 nitrogen and oxygen atoms in total. The number of methoxy groups -OCH3 is 1. The SMILES string of the molecule is CCC1O[C@H](O[C@@H]2C(C)[C@@H](OC3[C@@H](OC4[C@@H](OC)OC(CC)[C@@H](C)[C@@H]4C)OC(CC)[C@@H](C)[C@@H]3C)OC(CC)[C@H]2C)C(C)[C@@H](C)[C@@H]1C. The molecule has 4 rings (SSSR count). The van der Waals surface area contributed by atoms with Gasteiger partial charge >= 0.3 is 0 Å². The molecule has 8 heteroatoms. The Hall–Kier alpha value is -0.320. The van der Waals surface area contributed by atoms with Gasteiger partial charge in [-0.1, -0.05) is 90.0 Å². The second-order valence-electron chi connectivity index (χ2n) is 15.6. The predicted molar refractivity (Wildman–Crippen MR) is 180 cm³/mol. The summed E-state index contributed by atoms with van der Waals surface area (Å²) in [6.45, 7) is 29.2. The fourth-order valence-corrected chi connectivity index (χ4v) is 8.84. The van der Waals surface area contributed by atoms with Gasteiger partial charge in [-0.25, -0.2) is 0 Å². The minimum absolute atomic E-state index is 0.00983. The lowest BCUT2D eigenvalue weighted by Gasteiger charge is -2.52. The van der Waals surface area contributed by atoms with Crippen LogP contribution in [0.4, 0.5) is 0 Å². The van der Waals surface area contributed by atoms with Crippen molar-refractivity contribution in [2.45, 2.75) is 184 Å². The van der Waals surface area contributed by atoms with Gasteiger partial charge in [-0.3, -0.25) is 0 Å². The van der Waals surface area contributed by atoms with Crippen LogP contribution in [0.1, 0.15) is 116 Å². The Morgan fingerprint density at radius 3 is 1.17 bits per heavy atom. The molecule has 0 aliphatic carbocycles. The molecule has 4 heterocycles. The van der Waals surface area contributed by atoms with Crippen LogP contribution in [-0.4, -0.2) is 75.0 Å². The molecule has 0 radical (unpaired) electrons. The van der Waals surface area contributed by atoms with Crippen molar-refractivity contribution in [3.63, 3.8) is 0 Å². The molecule has 0 aromatic rings. The summed E-state index contributed by atoms with van der Waals surface area (Å²) in [6.07, 6.45) is 1.76. The summed E-state index contributed by atoms with van der Waals surface area (Å²) in [5, 5.41) is 0. The summed E-state index contributed by atoms with van der Waals surface area (Å²) >= 11 is 0. The summed E-state index contributed by atoms with van der Waals surface area (Å²) in [7, 11) is 1.70. The molecule has 270 valence electrons. The number of ether oxygens (including phenoxy) is 8. The molecule has 0 bridgehead atoms. The second kappa shape index (κ2) is 16.6. The molecule has 0 N–H and O–H groups in total. The van der Waals surface area contributed by atoms with E-state index in [0.717, 1.165) is 25.7 Å². The number of rotatable bonds is 11. The van der Waals surface area contributed by atoms with Gasteiger partial charge in [0.2, 0.25) is 0 Å². The van der Waals surface area contributed by atoms with Gasteiger partial charge in [-0.2, -0.15) is 0 Å². The van der Waals surface area contributed by atoms with Crippen LogP contribution < -0.4 is 0 Å². The fourth-order valence-electron chi connectivity index (χ4n) is 8.84. The molecule has 0 saturated carbocycles. The maximum Gasteiger partial charge on any atom is 0.185 e. The Labute approximate surface area is 281 Å². The van der Waals surface area contributed by atoms with E-state index in [1.165, 1.54) is 0 Å². The summed E-state index contributed by atoms with van der Waals surface area (Å²) in [6, 6.07) is 0. The van der Waals surface area contributed by atoms with E-state index in [4.69, 9.17) is 37.9 Å². The molecular formula is C38H70O8. The van der Waals surface area contributed by atoms with Crippen LogP contribution in [0.25, 0.3) is 0 Å². The molecule has 8 unspecified atom stereocenters. The Kier molecular flexibility index (Phi) is 13.9. The Morgan fingerprint density at radius 1 is 0.348 bits per heavy atom. The highest BCUT2D eigenvalue weighted by molar-refractivity contribution is 4.93. The zero-order valence-corrected chi connectivity index (χ0v) is 31.6. The van der Waals surface area contributed by atoms with E-state index in [9.17, 15) is 0 Å². The van der Waals surface area contributed by atoms with E-state index >= 15 is 0 Å². The maximum atomic E-state index is 7.08. The third-order valence-corrected chi connectivity index (χ3v) is 13.1. The maximum absolute atomic E-state index is 7.08. The standard InChI is InChI=1S/C38H70O8/c1-15-28-20(6)19(5)25(11)35(40-28)44-32-26(12)31(18-4)41-36(27(32)13)45-34-24(10)22(8)30(17-3)43-38(34)46-33-23(9)21(7)29(16-2)42-37(33)39-14/h19-38H,15-18H2,1-14H3/t19-,20-,21-,22-,23-,24-,25?,26+,27?,28?,29?,30?,31?,32-,33?,34?,35+,36+,37-,38+/m0/s1. The predicted octanol–water partition coefficient (Wildman–Crippen LogP) is 8.05. The van der Waals surface area contributed by atoms with Crippen LogP contribution in [0.15, 0.2) is 0 Å². The van der Waals surface area contributed by atoms with Crippen LogP contribution in [0, 0.1) is 53.3 Å². The molecule has 4 fully saturated rings. The van der Waals surface area contributed by atoms with Crippen LogP contribution in [-0.2, 0) is 37.9 Å². The van der Waals surface area contributed by atoms with Gasteiger partial charge in [-0.15, -0.1) is 0 Å². The first kappa shape index (κ1) is 38.5. The van der Waals surface area contributed by atoms with Crippen LogP contribution in [0.3, 0.4) is 0 Å². The van der Waals surface area contributed by atoms with Crippen LogP contribution >= 0.6 is 0 Å². The number of hydrogen-bond donors (Lipinski definition) is 0. The van der Waals surface area contributed by atoms with Gasteiger partial charge in [-0.05, 0) is 61.2 Å². The zero-order chi connectivity index (χ0) is 34.0. The molecule has 46 heavy (non-hydrogen) atoms. The van der Waals surface area contributed by atoms with Gasteiger partial charge in [0, 0.05) is 24.9 Å². The van der Waals surface area contributed by atoms with Crippen molar-refractivity contribution in [1.82, 2.24) is 0 Å². The summed E-state index contributed by atoms with van der Waals surface area (Å²) < 4.78 is 53.4. The molecular weight excluding hydrogens is 584 g/mol. The highest BCUT2D eigenvalue weighted by atomic mass is 16.8. The highest BCUT2D eigenvalue weighted by Gasteiger charge is 2.52. The molecule has 0 aromatic heterocycles. The highest BCUT2D eigenvalue weighted by Crippen LogP contribution is 2.44. The van der Waals surface area contributed by atoms with E-state index in [1.807, 2.05) is 0 Å². The first-order valence-corrected chi connectivity index (χ1v) is 18.9. The average molecular weight is 655 g/mol. The van der Waals surface area contributed by atoms with Crippen LogP contribution in [0.2, 0.25) is 0 Å². The largest absolute Gasteiger partial charge is 0.353 e. The van der Waals surface area contributed by atoms with Crippen molar-refractivity contribution in [3.05, 3.63) is 0 Å². The monoisotopic (exact) mass is 655 g/mol. The third kappa shape index (κ3) is 7.70. The van der Waals surface area contributed by atoms with Gasteiger partial charge in [0.25, 0.3) is 0 Å². The van der Waals surface area contributed by atoms with Crippen molar-refractivity contribution in [3.8, 4) is 0 Å². The minimum Gasteiger partial charge on any atom is -0.353 e. The summed E-state index contributed by atoms with van der Waals surface area (Å²) in [5.41, 5.74) is 0. The summed E-state index contributed by atoms with van der Waals surface area (Å²) in [4.78, 5) is 0. The number of hydrogen-bond acceptors (Lipinski definition) is 8. The van der Waals surface area contributed by atoms with E-state index in [-0.39, 0.29) is 72.7 Å². The average Bonchev–Trinajstić information content (AvgIpc) is 3.05. The van der Waals surface area contributed by atoms with Gasteiger partial charge in [0.05, 0.1) is 30.5 Å². The van der Waals surface area contributed by atoms with E-state index in [2.05, 4.69) is 90.0 Å². The topological polar surface area (TPSA) is 73.8 Å². The van der Waals surface area contributed by atoms with Crippen LogP contribution in [0.5, 0.6) is 0 Å². The smallest absolute Gasteiger partial charge is 0.185 e. The first-order chi connectivity index (χ1) is 21.8. The molecule has 0 amide bonds. The Bertz CT molecular complexity index is 915. The van der Waals surface area contributed by atoms with Gasteiger partial charge in [0.1, 0.15) is 12.2 Å². The van der Waals surface area contributed by atoms with Gasteiger partial charge < -0.3 is 37.9 Å². The molecule has 4 aliphatic heterocycles. The second-order valence-corrected chi connectivity index (χ2v) is 15.6. The van der Waals surface area contributed by atoms with Crippen molar-refractivity contribution in [1.29, 1.82) is 0 Å². The first-order valence-electron chi connectivity index (χ1n) is 18.9. The Morgan fingerprint density at radius 2 is 0.696 bits per heavy atom. The lowest BCUT2D eigenvalue weighted by molar-refractivity contribution is -0.376. The Balaban J connectivity index is 1.57. The van der Waals surface area contributed by atoms with Crippen molar-refractivity contribution >= 4 is 0 Å². The fraction of sp³-hybridized carbons (Fsp3) is 1.00. The third-order valence-electron chi connectivity index (χ3n) is 13.1. The molecule has 4 aliphatic rings. The van der Waals surface area contributed by atoms with E-state index in [1.54, 1.807) is 7.11 Å². The molecule has 0 aromatic carbocycles. The van der Waals surface area contributed by atoms with Crippen molar-refractivity contribution < 1.29 is 37.9 Å². The molecule has 20 atom stereocenters. The van der Waals surface area contributed by atoms with Gasteiger partial charge in [0.15, 0.2) is 25.2 Å². The van der Waals surface area contributed by atoms with E-state index < -0.39 is 18.9 Å². The van der Waals surface area contributed by atoms with E-state index in [0.29, 0.717) is 29.6 Å². The van der Waals surface area contributed by atoms with Crippen molar-refractivity contribution in [2.24, 2.45) is 53.3 Å². The molecule has 4 saturated heterocycles. The zero-order valence-electron chi connectivity index (χ0n) is 31.6. The minimum atomic E-state index is -0.570.